The monoisotopic (exact) mass is 406 g/mol. The van der Waals surface area contributed by atoms with Gasteiger partial charge in [0, 0.05) is 6.42 Å². The van der Waals surface area contributed by atoms with Crippen LogP contribution in [0.4, 0.5) is 0 Å². The van der Waals surface area contributed by atoms with Crippen molar-refractivity contribution in [1.82, 2.24) is 9.55 Å². The Kier molecular flexibility index (Phi) is 4.49. The third-order valence-electron chi connectivity index (χ3n) is 7.65. The van der Waals surface area contributed by atoms with Crippen molar-refractivity contribution in [3.8, 4) is 5.69 Å². The van der Waals surface area contributed by atoms with Crippen molar-refractivity contribution in [2.24, 2.45) is 0 Å². The molecule has 0 amide bonds. The second kappa shape index (κ2) is 7.37. The fourth-order valence-corrected chi connectivity index (χ4v) is 6.14. The van der Waals surface area contributed by atoms with Crippen LogP contribution in [0.3, 0.4) is 0 Å². The minimum atomic E-state index is 0.733. The molecule has 1 fully saturated rings. The molecule has 2 heteroatoms. The molecular formula is C29H30N2. The fourth-order valence-electron chi connectivity index (χ4n) is 6.14. The van der Waals surface area contributed by atoms with Gasteiger partial charge in [-0.05, 0) is 91.3 Å². The maximum atomic E-state index is 5.25. The summed E-state index contributed by atoms with van der Waals surface area (Å²) >= 11 is 0. The molecule has 3 aliphatic carbocycles. The number of hydrogen-bond acceptors (Lipinski definition) is 1. The van der Waals surface area contributed by atoms with E-state index < -0.39 is 0 Å². The number of rotatable bonds is 3. The second-order valence-electron chi connectivity index (χ2n) is 9.64. The van der Waals surface area contributed by atoms with E-state index in [0.29, 0.717) is 0 Å². The Balaban J connectivity index is 1.62. The van der Waals surface area contributed by atoms with E-state index in [-0.39, 0.29) is 0 Å². The molecule has 1 heterocycles. The molecule has 0 radical (unpaired) electrons. The van der Waals surface area contributed by atoms with Crippen molar-refractivity contribution in [2.75, 3.05) is 0 Å². The second-order valence-corrected chi connectivity index (χ2v) is 9.64. The molecule has 3 aromatic carbocycles. The quantitative estimate of drug-likeness (QED) is 0.347. The highest BCUT2D eigenvalue weighted by Gasteiger charge is 2.32. The SMILES string of the molecule is Cc1cccc(C)c1-n1c(Cc2ccccc2)nc2cc3c(cc21)C1CCCC3CC1. The normalized spacial score (nSPS) is 20.1. The molecule has 2 bridgehead atoms. The first-order valence-electron chi connectivity index (χ1n) is 11.8. The van der Waals surface area contributed by atoms with Crippen LogP contribution in [-0.4, -0.2) is 9.55 Å². The zero-order valence-electron chi connectivity index (χ0n) is 18.6. The maximum Gasteiger partial charge on any atom is 0.118 e. The number of nitrogens with zero attached hydrogens (tertiary/aromatic N) is 2. The van der Waals surface area contributed by atoms with Crippen LogP contribution < -0.4 is 0 Å². The van der Waals surface area contributed by atoms with Crippen molar-refractivity contribution in [3.63, 3.8) is 0 Å². The number of fused-ring (bicyclic) bond motifs is 4. The molecule has 0 spiro atoms. The van der Waals surface area contributed by atoms with Gasteiger partial charge in [0.05, 0.1) is 16.7 Å². The number of benzene rings is 3. The lowest BCUT2D eigenvalue weighted by Gasteiger charge is -2.27. The van der Waals surface area contributed by atoms with Crippen molar-refractivity contribution in [1.29, 1.82) is 0 Å². The molecule has 7 rings (SSSR count). The summed E-state index contributed by atoms with van der Waals surface area (Å²) in [7, 11) is 0. The lowest BCUT2D eigenvalue weighted by atomic mass is 9.78. The molecule has 0 saturated heterocycles. The van der Waals surface area contributed by atoms with E-state index in [0.717, 1.165) is 24.1 Å². The van der Waals surface area contributed by atoms with Gasteiger partial charge in [0.15, 0.2) is 0 Å². The number of aromatic nitrogens is 2. The van der Waals surface area contributed by atoms with E-state index in [1.54, 1.807) is 11.1 Å². The van der Waals surface area contributed by atoms with Crippen molar-refractivity contribution >= 4 is 11.0 Å². The molecule has 1 aromatic heterocycles. The van der Waals surface area contributed by atoms with Crippen LogP contribution in [-0.2, 0) is 6.42 Å². The van der Waals surface area contributed by atoms with E-state index in [1.165, 1.54) is 65.5 Å². The summed E-state index contributed by atoms with van der Waals surface area (Å²) in [6.07, 6.45) is 7.64. The van der Waals surface area contributed by atoms with Crippen LogP contribution in [0, 0.1) is 13.8 Å². The first kappa shape index (κ1) is 18.9. The Morgan fingerprint density at radius 1 is 0.806 bits per heavy atom. The van der Waals surface area contributed by atoms with Gasteiger partial charge < -0.3 is 0 Å². The Bertz CT molecular complexity index is 1240. The predicted molar refractivity (Wildman–Crippen MR) is 128 cm³/mol. The average molecular weight is 407 g/mol. The van der Waals surface area contributed by atoms with Gasteiger partial charge in [-0.15, -0.1) is 0 Å². The zero-order valence-corrected chi connectivity index (χ0v) is 18.6. The number of imidazole rings is 1. The van der Waals surface area contributed by atoms with Gasteiger partial charge in [-0.1, -0.05) is 55.0 Å². The Morgan fingerprint density at radius 3 is 2.19 bits per heavy atom. The minimum absolute atomic E-state index is 0.733. The molecule has 4 aromatic rings. The lowest BCUT2D eigenvalue weighted by Crippen LogP contribution is -2.11. The van der Waals surface area contributed by atoms with E-state index in [9.17, 15) is 0 Å². The molecule has 3 aliphatic rings. The van der Waals surface area contributed by atoms with Gasteiger partial charge in [-0.3, -0.25) is 4.57 Å². The third kappa shape index (κ3) is 3.12. The zero-order chi connectivity index (χ0) is 20.9. The topological polar surface area (TPSA) is 17.8 Å². The molecule has 0 N–H and O–H groups in total. The Hall–Kier alpha value is -2.87. The van der Waals surface area contributed by atoms with Gasteiger partial charge >= 0.3 is 0 Å². The molecule has 1 saturated carbocycles. The number of hydrogen-bond donors (Lipinski definition) is 0. The summed E-state index contributed by atoms with van der Waals surface area (Å²) in [5.74, 6) is 2.62. The molecule has 156 valence electrons. The molecule has 2 atom stereocenters. The van der Waals surface area contributed by atoms with Crippen molar-refractivity contribution in [3.05, 3.63) is 94.3 Å². The Labute approximate surface area is 185 Å². The molecule has 31 heavy (non-hydrogen) atoms. The van der Waals surface area contributed by atoms with E-state index in [4.69, 9.17) is 4.98 Å². The van der Waals surface area contributed by atoms with Gasteiger partial charge in [0.1, 0.15) is 5.82 Å². The van der Waals surface area contributed by atoms with Crippen molar-refractivity contribution in [2.45, 2.75) is 64.2 Å². The van der Waals surface area contributed by atoms with Gasteiger partial charge in [0.25, 0.3) is 0 Å². The molecule has 2 unspecified atom stereocenters. The van der Waals surface area contributed by atoms with Gasteiger partial charge in [-0.2, -0.15) is 0 Å². The van der Waals surface area contributed by atoms with Crippen LogP contribution >= 0.6 is 0 Å². The largest absolute Gasteiger partial charge is 0.295 e. The average Bonchev–Trinajstić information content (AvgIpc) is 2.92. The van der Waals surface area contributed by atoms with Gasteiger partial charge in [-0.25, -0.2) is 4.98 Å². The smallest absolute Gasteiger partial charge is 0.118 e. The maximum absolute atomic E-state index is 5.25. The summed E-state index contributed by atoms with van der Waals surface area (Å²) in [6.45, 7) is 4.46. The first-order chi connectivity index (χ1) is 15.2. The standard InChI is InChI=1S/C29H30N2/c1-19-8-6-9-20(2)29(19)31-27-18-25-23-13-7-12-22(14-15-23)24(25)17-26(27)30-28(31)16-21-10-4-3-5-11-21/h3-6,8-11,17-18,22-23H,7,12-16H2,1-2H3. The van der Waals surface area contributed by atoms with Crippen molar-refractivity contribution < 1.29 is 0 Å². The van der Waals surface area contributed by atoms with E-state index >= 15 is 0 Å². The highest BCUT2D eigenvalue weighted by Crippen LogP contribution is 2.48. The number of aryl methyl sites for hydroxylation is 2. The lowest BCUT2D eigenvalue weighted by molar-refractivity contribution is 0.528. The Morgan fingerprint density at radius 2 is 1.48 bits per heavy atom. The highest BCUT2D eigenvalue weighted by atomic mass is 15.1. The number of para-hydroxylation sites is 1. The van der Waals surface area contributed by atoms with Crippen LogP contribution in [0.2, 0.25) is 0 Å². The van der Waals surface area contributed by atoms with E-state index in [2.05, 4.69) is 79.1 Å². The van der Waals surface area contributed by atoms with E-state index in [1.807, 2.05) is 0 Å². The summed E-state index contributed by atoms with van der Waals surface area (Å²) in [6, 6.07) is 22.3. The minimum Gasteiger partial charge on any atom is -0.295 e. The molecule has 0 aliphatic heterocycles. The van der Waals surface area contributed by atoms with Gasteiger partial charge in [0.2, 0.25) is 0 Å². The highest BCUT2D eigenvalue weighted by molar-refractivity contribution is 5.82. The van der Waals surface area contributed by atoms with Crippen LogP contribution in [0.25, 0.3) is 16.7 Å². The summed E-state index contributed by atoms with van der Waals surface area (Å²) < 4.78 is 2.46. The third-order valence-corrected chi connectivity index (χ3v) is 7.65. The fraction of sp³-hybridized carbons (Fsp3) is 0.345. The molecule has 2 nitrogen and oxygen atoms in total. The summed E-state index contributed by atoms with van der Waals surface area (Å²) in [4.78, 5) is 5.25. The molecular weight excluding hydrogens is 376 g/mol. The van der Waals surface area contributed by atoms with Crippen LogP contribution in [0.5, 0.6) is 0 Å². The predicted octanol–water partition coefficient (Wildman–Crippen LogP) is 7.38. The summed E-state index contributed by atoms with van der Waals surface area (Å²) in [5, 5.41) is 0. The summed E-state index contributed by atoms with van der Waals surface area (Å²) in [5.41, 5.74) is 10.9. The van der Waals surface area contributed by atoms with Crippen LogP contribution in [0.15, 0.2) is 60.7 Å². The first-order valence-corrected chi connectivity index (χ1v) is 11.8. The van der Waals surface area contributed by atoms with Crippen LogP contribution in [0.1, 0.15) is 77.6 Å².